The molecule has 0 amide bonds. The van der Waals surface area contributed by atoms with Crippen LogP contribution in [0, 0.1) is 11.8 Å². The number of hydrogen-bond donors (Lipinski definition) is 4. The van der Waals surface area contributed by atoms with Gasteiger partial charge in [0.05, 0.1) is 7.11 Å². The minimum Gasteiger partial charge on any atom is -0.497 e. The number of thiocarbonyl (C=S) groups is 2. The molecule has 7 heteroatoms. The van der Waals surface area contributed by atoms with Crippen LogP contribution in [0.15, 0.2) is 24.3 Å². The summed E-state index contributed by atoms with van der Waals surface area (Å²) in [6.45, 7) is 4.59. The Balaban J connectivity index is 1.73. The fraction of sp³-hybridized carbons (Fsp3) is 0.529. The summed E-state index contributed by atoms with van der Waals surface area (Å²) in [7, 11) is 1.64. The number of benzene rings is 1. The molecule has 0 bridgehead atoms. The minimum atomic E-state index is 0.415. The van der Waals surface area contributed by atoms with Crippen LogP contribution in [0.1, 0.15) is 33.1 Å². The molecule has 4 N–H and O–H groups in total. The Morgan fingerprint density at radius 3 is 2.38 bits per heavy atom. The Kier molecular flexibility index (Phi) is 7.05. The molecule has 0 aromatic heterocycles. The molecular weight excluding hydrogens is 340 g/mol. The van der Waals surface area contributed by atoms with Crippen LogP contribution < -0.4 is 26.2 Å². The largest absolute Gasteiger partial charge is 0.497 e. The summed E-state index contributed by atoms with van der Waals surface area (Å²) in [5.74, 6) is 2.14. The fourth-order valence-electron chi connectivity index (χ4n) is 2.94. The smallest absolute Gasteiger partial charge is 0.189 e. The molecule has 0 saturated heterocycles. The zero-order chi connectivity index (χ0) is 17.5. The van der Waals surface area contributed by atoms with E-state index in [2.05, 4.69) is 35.3 Å². The van der Waals surface area contributed by atoms with E-state index in [0.717, 1.165) is 23.8 Å². The SMILES string of the molecule is COc1ccc(NC(=S)NNC(=S)N[C@@H]2CCC[C@H](C)[C@H]2C)cc1. The van der Waals surface area contributed by atoms with Gasteiger partial charge in [-0.25, -0.2) is 0 Å². The van der Waals surface area contributed by atoms with Crippen molar-refractivity contribution in [3.05, 3.63) is 24.3 Å². The number of ether oxygens (including phenoxy) is 1. The second-order valence-electron chi connectivity index (χ2n) is 6.28. The first-order valence-electron chi connectivity index (χ1n) is 8.27. The maximum Gasteiger partial charge on any atom is 0.189 e. The molecule has 0 heterocycles. The van der Waals surface area contributed by atoms with Crippen LogP contribution in [-0.2, 0) is 0 Å². The van der Waals surface area contributed by atoms with Crippen molar-refractivity contribution in [1.82, 2.24) is 16.2 Å². The summed E-state index contributed by atoms with van der Waals surface area (Å²) in [5.41, 5.74) is 6.74. The van der Waals surface area contributed by atoms with Crippen molar-refractivity contribution < 1.29 is 4.74 Å². The Labute approximate surface area is 154 Å². The molecule has 132 valence electrons. The van der Waals surface area contributed by atoms with Crippen molar-refractivity contribution in [3.8, 4) is 5.75 Å². The van der Waals surface area contributed by atoms with E-state index < -0.39 is 0 Å². The van der Waals surface area contributed by atoms with E-state index in [-0.39, 0.29) is 0 Å². The highest BCUT2D eigenvalue weighted by molar-refractivity contribution is 7.80. The average molecular weight is 367 g/mol. The van der Waals surface area contributed by atoms with E-state index in [1.165, 1.54) is 12.8 Å². The first-order valence-corrected chi connectivity index (χ1v) is 9.09. The minimum absolute atomic E-state index is 0.415. The quantitative estimate of drug-likeness (QED) is 0.484. The van der Waals surface area contributed by atoms with Gasteiger partial charge in [-0.1, -0.05) is 26.7 Å². The highest BCUT2D eigenvalue weighted by atomic mass is 32.1. The van der Waals surface area contributed by atoms with Gasteiger partial charge in [-0.15, -0.1) is 0 Å². The third-order valence-electron chi connectivity index (χ3n) is 4.66. The molecule has 24 heavy (non-hydrogen) atoms. The van der Waals surface area contributed by atoms with Crippen LogP contribution in [-0.4, -0.2) is 23.4 Å². The summed E-state index contributed by atoms with van der Waals surface area (Å²) in [5, 5.41) is 7.49. The summed E-state index contributed by atoms with van der Waals surface area (Å²) in [6, 6.07) is 7.95. The molecule has 0 radical (unpaired) electrons. The topological polar surface area (TPSA) is 57.4 Å². The van der Waals surface area contributed by atoms with Gasteiger partial charge in [-0.3, -0.25) is 10.9 Å². The number of nitrogens with one attached hydrogen (secondary N) is 4. The van der Waals surface area contributed by atoms with Crippen LogP contribution in [0.2, 0.25) is 0 Å². The van der Waals surface area contributed by atoms with Gasteiger partial charge in [0.1, 0.15) is 5.75 Å². The number of hydrazine groups is 1. The van der Waals surface area contributed by atoms with Crippen molar-refractivity contribution in [2.45, 2.75) is 39.2 Å². The van der Waals surface area contributed by atoms with E-state index in [0.29, 0.717) is 22.2 Å². The van der Waals surface area contributed by atoms with Gasteiger partial charge >= 0.3 is 0 Å². The maximum atomic E-state index is 5.35. The maximum absolute atomic E-state index is 5.35. The molecule has 2 rings (SSSR count). The lowest BCUT2D eigenvalue weighted by molar-refractivity contribution is 0.224. The van der Waals surface area contributed by atoms with E-state index in [9.17, 15) is 0 Å². The number of hydrogen-bond acceptors (Lipinski definition) is 3. The molecule has 1 aromatic carbocycles. The second kappa shape index (κ2) is 9.03. The monoisotopic (exact) mass is 366 g/mol. The molecular formula is C17H26N4OS2. The first-order chi connectivity index (χ1) is 11.5. The van der Waals surface area contributed by atoms with Crippen molar-refractivity contribution in [2.75, 3.05) is 12.4 Å². The van der Waals surface area contributed by atoms with Crippen LogP contribution in [0.25, 0.3) is 0 Å². The molecule has 1 aliphatic carbocycles. The number of rotatable bonds is 3. The molecule has 1 aromatic rings. The van der Waals surface area contributed by atoms with Crippen LogP contribution >= 0.6 is 24.4 Å². The van der Waals surface area contributed by atoms with Crippen molar-refractivity contribution in [1.29, 1.82) is 0 Å². The van der Waals surface area contributed by atoms with Crippen LogP contribution in [0.3, 0.4) is 0 Å². The molecule has 1 fully saturated rings. The predicted octanol–water partition coefficient (Wildman–Crippen LogP) is 3.19. The summed E-state index contributed by atoms with van der Waals surface area (Å²) in [4.78, 5) is 0. The first kappa shape index (κ1) is 18.7. The summed E-state index contributed by atoms with van der Waals surface area (Å²) >= 11 is 10.6. The predicted molar refractivity (Wildman–Crippen MR) is 107 cm³/mol. The van der Waals surface area contributed by atoms with Crippen molar-refractivity contribution >= 4 is 40.3 Å². The van der Waals surface area contributed by atoms with Crippen molar-refractivity contribution in [2.24, 2.45) is 11.8 Å². The fourth-order valence-corrected chi connectivity index (χ4v) is 3.31. The van der Waals surface area contributed by atoms with Gasteiger partial charge in [0, 0.05) is 11.7 Å². The number of anilines is 1. The van der Waals surface area contributed by atoms with Crippen molar-refractivity contribution in [3.63, 3.8) is 0 Å². The zero-order valence-corrected chi connectivity index (χ0v) is 16.0. The Morgan fingerprint density at radius 1 is 1.04 bits per heavy atom. The molecule has 0 unspecified atom stereocenters. The molecule has 0 spiro atoms. The molecule has 5 nitrogen and oxygen atoms in total. The number of methoxy groups -OCH3 is 1. The van der Waals surface area contributed by atoms with E-state index >= 15 is 0 Å². The third kappa shape index (κ3) is 5.49. The zero-order valence-electron chi connectivity index (χ0n) is 14.4. The van der Waals surface area contributed by atoms with Gasteiger partial charge in [-0.2, -0.15) is 0 Å². The second-order valence-corrected chi connectivity index (χ2v) is 7.10. The Bertz CT molecular complexity index is 564. The molecule has 1 saturated carbocycles. The van der Waals surface area contributed by atoms with Gasteiger partial charge in [0.2, 0.25) is 0 Å². The van der Waals surface area contributed by atoms with Crippen LogP contribution in [0.5, 0.6) is 5.75 Å². The molecule has 3 atom stereocenters. The molecule has 1 aliphatic rings. The Hall–Kier alpha value is -1.60. The average Bonchev–Trinajstić information content (AvgIpc) is 2.58. The van der Waals surface area contributed by atoms with E-state index in [1.807, 2.05) is 24.3 Å². The van der Waals surface area contributed by atoms with Crippen LogP contribution in [0.4, 0.5) is 5.69 Å². The summed E-state index contributed by atoms with van der Waals surface area (Å²) < 4.78 is 5.13. The lowest BCUT2D eigenvalue weighted by Gasteiger charge is -2.35. The summed E-state index contributed by atoms with van der Waals surface area (Å²) in [6.07, 6.45) is 3.70. The lowest BCUT2D eigenvalue weighted by Crippen LogP contribution is -2.53. The lowest BCUT2D eigenvalue weighted by atomic mass is 9.78. The molecule has 0 aliphatic heterocycles. The van der Waals surface area contributed by atoms with Gasteiger partial charge in [0.15, 0.2) is 10.2 Å². The Morgan fingerprint density at radius 2 is 1.71 bits per heavy atom. The van der Waals surface area contributed by atoms with Gasteiger partial charge in [0.25, 0.3) is 0 Å². The van der Waals surface area contributed by atoms with Gasteiger partial charge < -0.3 is 15.4 Å². The standard InChI is InChI=1S/C17H26N4OS2/c1-11-5-4-6-15(12(11)2)19-17(24)21-20-16(23)18-13-7-9-14(22-3)10-8-13/h7-12,15H,4-6H2,1-3H3,(H2,18,20,23)(H2,19,21,24)/t11-,12+,15+/m0/s1. The third-order valence-corrected chi connectivity index (χ3v) is 5.08. The highest BCUT2D eigenvalue weighted by Crippen LogP contribution is 2.29. The van der Waals surface area contributed by atoms with E-state index in [1.54, 1.807) is 7.11 Å². The highest BCUT2D eigenvalue weighted by Gasteiger charge is 2.27. The van der Waals surface area contributed by atoms with E-state index in [4.69, 9.17) is 29.2 Å². The normalized spacial score (nSPS) is 23.0. The van der Waals surface area contributed by atoms with Gasteiger partial charge in [-0.05, 0) is 67.0 Å².